The molecule has 0 fully saturated rings. The molecule has 2 heterocycles. The van der Waals surface area contributed by atoms with E-state index in [1.165, 1.54) is 0 Å². The zero-order chi connectivity index (χ0) is 28.4. The van der Waals surface area contributed by atoms with Gasteiger partial charge in [0, 0.05) is 37.8 Å². The van der Waals surface area contributed by atoms with E-state index in [0.717, 1.165) is 55.2 Å². The third kappa shape index (κ3) is 7.61. The summed E-state index contributed by atoms with van der Waals surface area (Å²) in [6.45, 7) is 8.67. The molecule has 0 aliphatic carbocycles. The fourth-order valence-corrected chi connectivity index (χ4v) is 4.81. The number of aliphatic carboxylic acids is 1. The number of nitrogens with zero attached hydrogens (tertiary/aromatic N) is 4. The minimum atomic E-state index is -1.03. The predicted octanol–water partition coefficient (Wildman–Crippen LogP) is 4.88. The predicted molar refractivity (Wildman–Crippen MR) is 154 cm³/mol. The number of amides is 1. The second kappa shape index (κ2) is 14.4. The minimum Gasteiger partial charge on any atom is -0.496 e. The van der Waals surface area contributed by atoms with Crippen LogP contribution in [0.5, 0.6) is 5.75 Å². The monoisotopic (exact) mass is 538 g/mol. The van der Waals surface area contributed by atoms with Crippen molar-refractivity contribution < 1.29 is 19.4 Å². The molecule has 1 unspecified atom stereocenters. The lowest BCUT2D eigenvalue weighted by molar-refractivity contribution is -0.142. The lowest BCUT2D eigenvalue weighted by atomic mass is 9.93. The fourth-order valence-electron chi connectivity index (χ4n) is 4.81. The molecule has 1 atom stereocenters. The van der Waals surface area contributed by atoms with Gasteiger partial charge in [-0.3, -0.25) is 9.59 Å². The van der Waals surface area contributed by atoms with Gasteiger partial charge in [-0.15, -0.1) is 0 Å². The van der Waals surface area contributed by atoms with Crippen LogP contribution in [0, 0.1) is 0 Å². The van der Waals surface area contributed by atoms with Crippen molar-refractivity contribution in [2.45, 2.75) is 71.8 Å². The van der Waals surface area contributed by atoms with Gasteiger partial charge >= 0.3 is 5.97 Å². The second-order valence-electron chi connectivity index (χ2n) is 9.79. The summed E-state index contributed by atoms with van der Waals surface area (Å²) >= 11 is 0. The number of carboxylic acids is 1. The van der Waals surface area contributed by atoms with Crippen molar-refractivity contribution in [1.82, 2.24) is 19.4 Å². The number of hydrogen-bond acceptors (Lipinski definition) is 7. The Morgan fingerprint density at radius 3 is 2.49 bits per heavy atom. The summed E-state index contributed by atoms with van der Waals surface area (Å²) < 4.78 is 7.71. The van der Waals surface area contributed by atoms with Gasteiger partial charge in [0.2, 0.25) is 11.9 Å². The van der Waals surface area contributed by atoms with Gasteiger partial charge < -0.3 is 30.4 Å². The largest absolute Gasteiger partial charge is 0.496 e. The van der Waals surface area contributed by atoms with Gasteiger partial charge in [-0.2, -0.15) is 4.98 Å². The Bertz CT molecular complexity index is 1250. The minimum absolute atomic E-state index is 0.0914. The Morgan fingerprint density at radius 2 is 1.85 bits per heavy atom. The van der Waals surface area contributed by atoms with E-state index in [0.29, 0.717) is 36.8 Å². The molecule has 10 heteroatoms. The highest BCUT2D eigenvalue weighted by molar-refractivity contribution is 5.88. The molecule has 0 aliphatic heterocycles. The molecule has 0 saturated heterocycles. The number of ether oxygens (including phenoxy) is 1. The van der Waals surface area contributed by atoms with Gasteiger partial charge in [0.1, 0.15) is 11.3 Å². The molecule has 212 valence electrons. The topological polar surface area (TPSA) is 136 Å². The molecule has 0 spiro atoms. The summed E-state index contributed by atoms with van der Waals surface area (Å²) in [6, 6.07) is 7.27. The number of fused-ring (bicyclic) bond motifs is 1. The van der Waals surface area contributed by atoms with Crippen molar-refractivity contribution in [3.8, 4) is 5.75 Å². The average molecular weight is 539 g/mol. The molecule has 1 amide bonds. The van der Waals surface area contributed by atoms with Crippen molar-refractivity contribution in [3.05, 3.63) is 41.6 Å². The van der Waals surface area contributed by atoms with Gasteiger partial charge in [0.15, 0.2) is 5.82 Å². The zero-order valence-corrected chi connectivity index (χ0v) is 23.6. The first-order chi connectivity index (χ1) is 18.8. The van der Waals surface area contributed by atoms with Crippen molar-refractivity contribution in [2.24, 2.45) is 0 Å². The normalized spacial score (nSPS) is 11.9. The van der Waals surface area contributed by atoms with Gasteiger partial charge in [0.05, 0.1) is 25.1 Å². The molecular weight excluding hydrogens is 496 g/mol. The van der Waals surface area contributed by atoms with Crippen molar-refractivity contribution >= 4 is 34.7 Å². The number of anilines is 2. The Hall–Kier alpha value is -3.82. The fraction of sp³-hybridized carbons (Fsp3) is 0.517. The molecule has 39 heavy (non-hydrogen) atoms. The van der Waals surface area contributed by atoms with Crippen LogP contribution < -0.4 is 15.8 Å². The molecule has 0 saturated carbocycles. The Morgan fingerprint density at radius 1 is 1.10 bits per heavy atom. The Labute approximate surface area is 230 Å². The number of methoxy groups -OCH3 is 1. The first kappa shape index (κ1) is 29.7. The van der Waals surface area contributed by atoms with E-state index < -0.39 is 11.9 Å². The van der Waals surface area contributed by atoms with Crippen LogP contribution in [-0.4, -0.2) is 63.2 Å². The standard InChI is InChI=1S/C29H42N6O4/c1-5-8-9-13-31-27-26-23(32-29(30)33-27)12-16-35(26)19-21-11-10-20(17-24(21)39-4)22(28(37)38)18-25(36)34(14-6-2)15-7-3/h10-12,16-17,22H,5-9,13-15,18-19H2,1-4H3,(H,37,38)(H3,30,31,32,33). The number of unbranched alkanes of at least 4 members (excludes halogenated alkanes) is 2. The molecule has 0 radical (unpaired) electrons. The lowest BCUT2D eigenvalue weighted by Crippen LogP contribution is -2.34. The Kier molecular flexibility index (Phi) is 11.0. The number of rotatable bonds is 16. The molecule has 3 rings (SSSR count). The average Bonchev–Trinajstić information content (AvgIpc) is 3.31. The van der Waals surface area contributed by atoms with E-state index >= 15 is 0 Å². The third-order valence-corrected chi connectivity index (χ3v) is 6.77. The van der Waals surface area contributed by atoms with E-state index in [9.17, 15) is 14.7 Å². The highest BCUT2D eigenvalue weighted by Gasteiger charge is 2.27. The molecule has 10 nitrogen and oxygen atoms in total. The molecule has 4 N–H and O–H groups in total. The quantitative estimate of drug-likeness (QED) is 0.220. The van der Waals surface area contributed by atoms with Crippen LogP contribution in [-0.2, 0) is 16.1 Å². The number of hydrogen-bond donors (Lipinski definition) is 3. The molecular formula is C29H42N6O4. The summed E-state index contributed by atoms with van der Waals surface area (Å²) in [5.74, 6) is -0.685. The molecule has 0 bridgehead atoms. The van der Waals surface area contributed by atoms with Crippen LogP contribution >= 0.6 is 0 Å². The summed E-state index contributed by atoms with van der Waals surface area (Å²) in [5.41, 5.74) is 8.93. The van der Waals surface area contributed by atoms with E-state index in [1.54, 1.807) is 24.1 Å². The summed E-state index contributed by atoms with van der Waals surface area (Å²) in [5, 5.41) is 13.4. The lowest BCUT2D eigenvalue weighted by Gasteiger charge is -2.24. The van der Waals surface area contributed by atoms with Gasteiger partial charge in [-0.05, 0) is 37.0 Å². The van der Waals surface area contributed by atoms with E-state index in [4.69, 9.17) is 10.5 Å². The first-order valence-corrected chi connectivity index (χ1v) is 13.9. The summed E-state index contributed by atoms with van der Waals surface area (Å²) in [4.78, 5) is 35.7. The SMILES string of the molecule is CCCCCNc1nc(N)nc2ccn(Cc3ccc(C(CC(=O)N(CCC)CCC)C(=O)O)cc3OC)c12. The van der Waals surface area contributed by atoms with Gasteiger partial charge in [-0.25, -0.2) is 4.98 Å². The molecule has 2 aromatic heterocycles. The van der Waals surface area contributed by atoms with Crippen LogP contribution in [0.25, 0.3) is 11.0 Å². The van der Waals surface area contributed by atoms with E-state index in [-0.39, 0.29) is 18.3 Å². The van der Waals surface area contributed by atoms with Gasteiger partial charge in [-0.1, -0.05) is 45.7 Å². The number of nitrogen functional groups attached to an aromatic ring is 1. The zero-order valence-electron chi connectivity index (χ0n) is 23.6. The third-order valence-electron chi connectivity index (χ3n) is 6.77. The maximum atomic E-state index is 12.9. The molecule has 0 aliphatic rings. The first-order valence-electron chi connectivity index (χ1n) is 13.9. The van der Waals surface area contributed by atoms with Crippen molar-refractivity contribution in [2.75, 3.05) is 37.8 Å². The number of carboxylic acid groups (broad SMARTS) is 1. The molecule has 1 aromatic carbocycles. The molecule has 3 aromatic rings. The van der Waals surface area contributed by atoms with Crippen LogP contribution in [0.2, 0.25) is 0 Å². The number of carbonyl (C=O) groups is 2. The smallest absolute Gasteiger partial charge is 0.311 e. The van der Waals surface area contributed by atoms with Crippen molar-refractivity contribution in [1.29, 1.82) is 0 Å². The Balaban J connectivity index is 1.88. The number of aromatic nitrogens is 3. The number of nitrogens with one attached hydrogen (secondary N) is 1. The summed E-state index contributed by atoms with van der Waals surface area (Å²) in [6.07, 6.45) is 6.77. The maximum absolute atomic E-state index is 12.9. The highest BCUT2D eigenvalue weighted by atomic mass is 16.5. The number of nitrogens with two attached hydrogens (primary N) is 1. The van der Waals surface area contributed by atoms with Crippen LogP contribution in [0.3, 0.4) is 0 Å². The van der Waals surface area contributed by atoms with E-state index in [1.807, 2.05) is 36.7 Å². The van der Waals surface area contributed by atoms with Crippen molar-refractivity contribution in [3.63, 3.8) is 0 Å². The number of carbonyl (C=O) groups excluding carboxylic acids is 1. The number of benzene rings is 1. The van der Waals surface area contributed by atoms with Crippen LogP contribution in [0.15, 0.2) is 30.5 Å². The van der Waals surface area contributed by atoms with Crippen LogP contribution in [0.1, 0.15) is 76.3 Å². The van der Waals surface area contributed by atoms with Gasteiger partial charge in [0.25, 0.3) is 0 Å². The summed E-state index contributed by atoms with van der Waals surface area (Å²) in [7, 11) is 1.56. The second-order valence-corrected chi connectivity index (χ2v) is 9.79. The van der Waals surface area contributed by atoms with Crippen LogP contribution in [0.4, 0.5) is 11.8 Å². The van der Waals surface area contributed by atoms with E-state index in [2.05, 4.69) is 22.2 Å². The highest BCUT2D eigenvalue weighted by Crippen LogP contribution is 2.30. The maximum Gasteiger partial charge on any atom is 0.311 e.